The van der Waals surface area contributed by atoms with E-state index in [0.29, 0.717) is 17.0 Å². The van der Waals surface area contributed by atoms with Gasteiger partial charge in [-0.1, -0.05) is 24.3 Å². The second kappa shape index (κ2) is 5.25. The highest BCUT2D eigenvalue weighted by molar-refractivity contribution is 5.99. The van der Waals surface area contributed by atoms with Crippen LogP contribution in [-0.4, -0.2) is 12.1 Å². The van der Waals surface area contributed by atoms with Crippen LogP contribution in [0.3, 0.4) is 0 Å². The van der Waals surface area contributed by atoms with E-state index in [4.69, 9.17) is 9.15 Å². The predicted molar refractivity (Wildman–Crippen MR) is 88.9 cm³/mol. The van der Waals surface area contributed by atoms with Crippen LogP contribution in [0.2, 0.25) is 0 Å². The van der Waals surface area contributed by atoms with E-state index in [1.807, 2.05) is 36.4 Å². The maximum Gasteiger partial charge on any atom is 0.193 e. The third-order valence-electron chi connectivity index (χ3n) is 3.92. The molecule has 4 rings (SSSR count). The number of benzene rings is 2. The Bertz CT molecular complexity index is 1040. The van der Waals surface area contributed by atoms with Crippen molar-refractivity contribution in [3.8, 4) is 28.3 Å². The molecule has 0 atom stereocenters. The highest BCUT2D eigenvalue weighted by Crippen LogP contribution is 2.34. The molecule has 0 aromatic heterocycles. The summed E-state index contributed by atoms with van der Waals surface area (Å²) in [6, 6.07) is 15.0. The first-order valence-electron chi connectivity index (χ1n) is 7.21. The molecule has 2 aromatic carbocycles. The zero-order valence-electron chi connectivity index (χ0n) is 12.4. The van der Waals surface area contributed by atoms with Gasteiger partial charge >= 0.3 is 0 Å². The average molecular weight is 303 g/mol. The Morgan fingerprint density at radius 3 is 2.61 bits per heavy atom. The molecule has 0 unspecified atom stereocenters. The first-order valence-corrected chi connectivity index (χ1v) is 7.21. The van der Waals surface area contributed by atoms with Crippen molar-refractivity contribution < 1.29 is 9.15 Å². The summed E-state index contributed by atoms with van der Waals surface area (Å²) in [4.78, 5) is 16.9. The third-order valence-corrected chi connectivity index (χ3v) is 3.92. The fourth-order valence-corrected chi connectivity index (χ4v) is 2.82. The quantitative estimate of drug-likeness (QED) is 0.562. The molecule has 4 nitrogen and oxygen atoms in total. The number of pyridine rings is 1. The summed E-state index contributed by atoms with van der Waals surface area (Å²) in [5.41, 5.74) is 2.55. The highest BCUT2D eigenvalue weighted by Gasteiger charge is 2.14. The zero-order valence-corrected chi connectivity index (χ0v) is 12.4. The number of nitrogens with zero attached hydrogens (tertiary/aromatic N) is 1. The molecular formula is C19H13NO3. The first kappa shape index (κ1) is 13.5. The van der Waals surface area contributed by atoms with Gasteiger partial charge in [-0.15, -0.1) is 0 Å². The normalized spacial score (nSPS) is 11.0. The molecule has 0 amide bonds. The Labute approximate surface area is 132 Å². The van der Waals surface area contributed by atoms with Crippen LogP contribution in [0.5, 0.6) is 5.75 Å². The van der Waals surface area contributed by atoms with Gasteiger partial charge in [0.25, 0.3) is 0 Å². The van der Waals surface area contributed by atoms with E-state index in [-0.39, 0.29) is 5.43 Å². The molecule has 4 heteroatoms. The van der Waals surface area contributed by atoms with Crippen LogP contribution < -0.4 is 10.2 Å². The fraction of sp³-hybridized carbons (Fsp3) is 0.0526. The summed E-state index contributed by atoms with van der Waals surface area (Å²) in [7, 11) is 1.65. The SMILES string of the molecule is COc1ccc(-c2cc(=O)c3coccc-3n2)c2ccccc12. The van der Waals surface area contributed by atoms with Crippen LogP contribution >= 0.6 is 0 Å². The molecule has 2 heterocycles. The molecule has 2 aromatic rings. The van der Waals surface area contributed by atoms with Gasteiger partial charge < -0.3 is 9.15 Å². The lowest BCUT2D eigenvalue weighted by Crippen LogP contribution is -2.07. The molecule has 112 valence electrons. The summed E-state index contributed by atoms with van der Waals surface area (Å²) < 4.78 is 10.5. The van der Waals surface area contributed by atoms with Crippen molar-refractivity contribution in [3.05, 3.63) is 71.3 Å². The van der Waals surface area contributed by atoms with E-state index in [1.165, 1.54) is 12.5 Å². The number of methoxy groups -OCH3 is 1. The first-order chi connectivity index (χ1) is 11.3. The van der Waals surface area contributed by atoms with E-state index in [9.17, 15) is 4.79 Å². The van der Waals surface area contributed by atoms with E-state index >= 15 is 0 Å². The van der Waals surface area contributed by atoms with E-state index in [2.05, 4.69) is 4.98 Å². The zero-order chi connectivity index (χ0) is 15.8. The van der Waals surface area contributed by atoms with Crippen molar-refractivity contribution in [1.29, 1.82) is 0 Å². The van der Waals surface area contributed by atoms with Crippen LogP contribution in [0.25, 0.3) is 33.3 Å². The van der Waals surface area contributed by atoms with Crippen LogP contribution in [0.4, 0.5) is 0 Å². The molecular weight excluding hydrogens is 290 g/mol. The lowest BCUT2D eigenvalue weighted by atomic mass is 10.00. The Morgan fingerprint density at radius 1 is 0.957 bits per heavy atom. The second-order valence-electron chi connectivity index (χ2n) is 5.22. The van der Waals surface area contributed by atoms with Gasteiger partial charge in [0.05, 0.1) is 30.3 Å². The summed E-state index contributed by atoms with van der Waals surface area (Å²) in [6.45, 7) is 0. The Morgan fingerprint density at radius 2 is 1.78 bits per heavy atom. The number of fused-ring (bicyclic) bond motifs is 2. The Hall–Kier alpha value is -3.14. The smallest absolute Gasteiger partial charge is 0.193 e. The van der Waals surface area contributed by atoms with Gasteiger partial charge in [-0.05, 0) is 23.6 Å². The van der Waals surface area contributed by atoms with Crippen molar-refractivity contribution in [1.82, 2.24) is 4.98 Å². The minimum absolute atomic E-state index is 0.103. The van der Waals surface area contributed by atoms with Gasteiger partial charge in [-0.2, -0.15) is 0 Å². The summed E-state index contributed by atoms with van der Waals surface area (Å²) >= 11 is 0. The molecule has 0 spiro atoms. The number of aromatic nitrogens is 1. The maximum atomic E-state index is 12.3. The lowest BCUT2D eigenvalue weighted by Gasteiger charge is -2.11. The van der Waals surface area contributed by atoms with Crippen LogP contribution in [0.15, 0.2) is 70.3 Å². The minimum Gasteiger partial charge on any atom is -0.496 e. The molecule has 0 aliphatic carbocycles. The molecule has 0 saturated heterocycles. The Balaban J connectivity index is 2.04. The van der Waals surface area contributed by atoms with Gasteiger partial charge in [-0.3, -0.25) is 4.79 Å². The van der Waals surface area contributed by atoms with Crippen molar-refractivity contribution in [2.24, 2.45) is 0 Å². The highest BCUT2D eigenvalue weighted by atomic mass is 16.5. The molecule has 2 aliphatic heterocycles. The number of hydrogen-bond donors (Lipinski definition) is 0. The van der Waals surface area contributed by atoms with Crippen molar-refractivity contribution in [3.63, 3.8) is 0 Å². The Kier molecular flexibility index (Phi) is 3.08. The topological polar surface area (TPSA) is 52.3 Å². The molecule has 0 radical (unpaired) electrons. The number of rotatable bonds is 2. The number of ether oxygens (including phenoxy) is 1. The van der Waals surface area contributed by atoms with E-state index in [1.54, 1.807) is 19.2 Å². The van der Waals surface area contributed by atoms with Crippen molar-refractivity contribution >= 4 is 10.8 Å². The molecule has 0 saturated carbocycles. The van der Waals surface area contributed by atoms with Crippen molar-refractivity contribution in [2.75, 3.05) is 7.11 Å². The second-order valence-corrected chi connectivity index (χ2v) is 5.22. The third kappa shape index (κ3) is 2.16. The van der Waals surface area contributed by atoms with E-state index < -0.39 is 0 Å². The van der Waals surface area contributed by atoms with Gasteiger partial charge in [0.2, 0.25) is 0 Å². The van der Waals surface area contributed by atoms with E-state index in [0.717, 1.165) is 22.1 Å². The summed E-state index contributed by atoms with van der Waals surface area (Å²) in [6.07, 6.45) is 2.95. The average Bonchev–Trinajstić information content (AvgIpc) is 2.60. The molecule has 2 aliphatic rings. The van der Waals surface area contributed by atoms with Gasteiger partial charge in [0.15, 0.2) is 5.43 Å². The summed E-state index contributed by atoms with van der Waals surface area (Å²) in [5.74, 6) is 0.797. The van der Waals surface area contributed by atoms with Crippen LogP contribution in [0.1, 0.15) is 0 Å². The monoisotopic (exact) mass is 303 g/mol. The molecule has 0 bridgehead atoms. The molecule has 0 N–H and O–H groups in total. The van der Waals surface area contributed by atoms with Gasteiger partial charge in [0.1, 0.15) is 12.0 Å². The summed E-state index contributed by atoms with van der Waals surface area (Å²) in [5, 5.41) is 1.99. The minimum atomic E-state index is -0.103. The van der Waals surface area contributed by atoms with Gasteiger partial charge in [0, 0.05) is 17.0 Å². The predicted octanol–water partition coefficient (Wildman–Crippen LogP) is 3.97. The van der Waals surface area contributed by atoms with Crippen molar-refractivity contribution in [2.45, 2.75) is 0 Å². The molecule has 23 heavy (non-hydrogen) atoms. The number of hydrogen-bond acceptors (Lipinski definition) is 4. The maximum absolute atomic E-state index is 12.3. The van der Waals surface area contributed by atoms with Gasteiger partial charge in [-0.25, -0.2) is 4.98 Å². The standard InChI is InChI=1S/C19H13NO3/c1-22-19-7-6-13(12-4-2-3-5-14(12)19)17-10-18(21)15-11-23-9-8-16(15)20-17/h2-11H,1H3. The lowest BCUT2D eigenvalue weighted by molar-refractivity contribution is 0.420. The molecule has 0 fully saturated rings. The van der Waals surface area contributed by atoms with Crippen LogP contribution in [0, 0.1) is 0 Å². The van der Waals surface area contributed by atoms with Crippen LogP contribution in [-0.2, 0) is 0 Å². The fourth-order valence-electron chi connectivity index (χ4n) is 2.82. The largest absolute Gasteiger partial charge is 0.496 e.